The molecule has 2 fully saturated rings. The number of unbranched alkanes of at least 4 members (excludes halogenated alkanes) is 1. The smallest absolute Gasteiger partial charge is 0.326 e. The second-order valence-electron chi connectivity index (χ2n) is 15.2. The van der Waals surface area contributed by atoms with Gasteiger partial charge in [-0.05, 0) is 70.9 Å². The van der Waals surface area contributed by atoms with Crippen molar-refractivity contribution in [2.75, 3.05) is 26.2 Å². The van der Waals surface area contributed by atoms with E-state index in [-0.39, 0.29) is 38.8 Å². The van der Waals surface area contributed by atoms with Gasteiger partial charge in [0.1, 0.15) is 48.3 Å². The number of aliphatic carboxylic acids is 2. The van der Waals surface area contributed by atoms with E-state index >= 15 is 0 Å². The molecule has 0 aliphatic carbocycles. The van der Waals surface area contributed by atoms with E-state index in [9.17, 15) is 63.6 Å². The summed E-state index contributed by atoms with van der Waals surface area (Å²) in [6.07, 6.45) is -0.204. The molecule has 2 aliphatic heterocycles. The van der Waals surface area contributed by atoms with E-state index in [0.29, 0.717) is 37.8 Å². The van der Waals surface area contributed by atoms with Crippen LogP contribution in [0.1, 0.15) is 70.8 Å². The molecular formula is C39H59N9O13. The molecule has 0 bridgehead atoms. The van der Waals surface area contributed by atoms with Gasteiger partial charge in [-0.15, -0.1) is 0 Å². The number of carbonyl (C=O) groups excluding carboxylic acids is 7. The standard InChI is InChI=1S/C39H59N9O13/c1-21(42-36(57)31(41)22(2)50)32(53)43-24(12-6-7-15-40)37(58)47-16-8-13-28(47)35(56)46-27(20-49)34(55)44-25(18-23-10-4-3-5-11-23)33(54)45-26(19-30(51)52)38(59)48-17-9-14-29(48)39(60)61/h3-5,10-11,21-22,24-29,31,49-50H,6-9,12-20,40-41H2,1-2H3,(H,42,57)(H,43,53)(H,44,55)(H,45,54)(H,46,56)(H,51,52)(H,60,61)/t21-,22+,24-,25-,26-,27-,28-,29-,31-/m0/s1. The van der Waals surface area contributed by atoms with E-state index in [1.165, 1.54) is 18.7 Å². The fourth-order valence-corrected chi connectivity index (χ4v) is 7.07. The van der Waals surface area contributed by atoms with Crippen LogP contribution in [0, 0.1) is 0 Å². The lowest BCUT2D eigenvalue weighted by atomic mass is 10.0. The fourth-order valence-electron chi connectivity index (χ4n) is 7.07. The van der Waals surface area contributed by atoms with Crippen LogP contribution in [0.3, 0.4) is 0 Å². The summed E-state index contributed by atoms with van der Waals surface area (Å²) in [6.45, 7) is 2.15. The molecule has 1 aromatic rings. The van der Waals surface area contributed by atoms with Gasteiger partial charge in [0.15, 0.2) is 0 Å². The van der Waals surface area contributed by atoms with Crippen LogP contribution in [0.15, 0.2) is 30.3 Å². The SMILES string of the molecule is C[C@H](NC(=O)[C@@H](N)[C@@H](C)O)C(=O)N[C@@H](CCCCN)C(=O)N1CCC[C@H]1C(=O)N[C@@H](CO)C(=O)N[C@@H](Cc1ccccc1)C(=O)N[C@@H](CC(=O)O)C(=O)N1CCC[C@H]1C(=O)O. The predicted molar refractivity (Wildman–Crippen MR) is 214 cm³/mol. The minimum absolute atomic E-state index is 0.0252. The van der Waals surface area contributed by atoms with Crippen LogP contribution in [0.5, 0.6) is 0 Å². The van der Waals surface area contributed by atoms with E-state index in [0.717, 1.165) is 4.90 Å². The molecule has 0 unspecified atom stereocenters. The number of rotatable bonds is 23. The van der Waals surface area contributed by atoms with Crippen LogP contribution >= 0.6 is 0 Å². The Labute approximate surface area is 352 Å². The summed E-state index contributed by atoms with van der Waals surface area (Å²) in [5, 5.41) is 51.3. The normalized spacial score (nSPS) is 19.6. The Bertz CT molecular complexity index is 1730. The lowest BCUT2D eigenvalue weighted by molar-refractivity contribution is -0.150. The highest BCUT2D eigenvalue weighted by atomic mass is 16.4. The first-order valence-electron chi connectivity index (χ1n) is 20.3. The van der Waals surface area contributed by atoms with Crippen molar-refractivity contribution in [2.24, 2.45) is 11.5 Å². The number of benzene rings is 1. The van der Waals surface area contributed by atoms with Gasteiger partial charge in [0.05, 0.1) is 19.1 Å². The molecule has 22 heteroatoms. The van der Waals surface area contributed by atoms with Gasteiger partial charge in [0, 0.05) is 19.5 Å². The molecule has 2 heterocycles. The zero-order valence-corrected chi connectivity index (χ0v) is 34.3. The van der Waals surface area contributed by atoms with Crippen LogP contribution in [0.2, 0.25) is 0 Å². The monoisotopic (exact) mass is 861 g/mol. The Balaban J connectivity index is 1.77. The number of amides is 7. The Morgan fingerprint density at radius 1 is 0.721 bits per heavy atom. The zero-order valence-electron chi connectivity index (χ0n) is 34.3. The van der Waals surface area contributed by atoms with E-state index in [1.54, 1.807) is 30.3 Å². The largest absolute Gasteiger partial charge is 0.481 e. The number of carboxylic acids is 2. The van der Waals surface area contributed by atoms with Gasteiger partial charge < -0.3 is 68.3 Å². The van der Waals surface area contributed by atoms with Gasteiger partial charge in [-0.2, -0.15) is 0 Å². The molecular weight excluding hydrogens is 802 g/mol. The summed E-state index contributed by atoms with van der Waals surface area (Å²) in [7, 11) is 0. The summed E-state index contributed by atoms with van der Waals surface area (Å²) in [5.41, 5.74) is 11.8. The third kappa shape index (κ3) is 14.5. The Morgan fingerprint density at radius 2 is 1.28 bits per heavy atom. The number of carboxylic acid groups (broad SMARTS) is 2. The molecule has 9 atom stereocenters. The molecule has 0 spiro atoms. The average Bonchev–Trinajstić information content (AvgIpc) is 3.92. The number of hydrogen-bond donors (Lipinski definition) is 11. The van der Waals surface area contributed by atoms with Crippen molar-refractivity contribution < 1.29 is 63.6 Å². The van der Waals surface area contributed by atoms with Crippen LogP contribution in [-0.2, 0) is 49.6 Å². The summed E-state index contributed by atoms with van der Waals surface area (Å²) < 4.78 is 0. The number of aliphatic hydroxyl groups excluding tert-OH is 2. The van der Waals surface area contributed by atoms with Crippen LogP contribution in [0.4, 0.5) is 0 Å². The van der Waals surface area contributed by atoms with E-state index < -0.39 is 121 Å². The van der Waals surface area contributed by atoms with Gasteiger partial charge in [0.2, 0.25) is 41.4 Å². The van der Waals surface area contributed by atoms with Crippen LogP contribution < -0.4 is 38.1 Å². The minimum Gasteiger partial charge on any atom is -0.481 e. The van der Waals surface area contributed by atoms with Gasteiger partial charge >= 0.3 is 11.9 Å². The lowest BCUT2D eigenvalue weighted by Gasteiger charge is -2.31. The van der Waals surface area contributed by atoms with Crippen molar-refractivity contribution >= 4 is 53.3 Å². The first-order valence-corrected chi connectivity index (χ1v) is 20.3. The molecule has 2 saturated heterocycles. The van der Waals surface area contributed by atoms with Crippen molar-refractivity contribution in [2.45, 2.75) is 126 Å². The second kappa shape index (κ2) is 23.9. The van der Waals surface area contributed by atoms with E-state index in [4.69, 9.17) is 11.5 Å². The lowest BCUT2D eigenvalue weighted by Crippen LogP contribution is -2.60. The number of aliphatic hydroxyl groups is 2. The molecule has 22 nitrogen and oxygen atoms in total. The third-order valence-electron chi connectivity index (χ3n) is 10.5. The Kier molecular flexibility index (Phi) is 19.5. The first kappa shape index (κ1) is 49.7. The molecule has 0 saturated carbocycles. The van der Waals surface area contributed by atoms with Crippen molar-refractivity contribution in [3.05, 3.63) is 35.9 Å². The maximum Gasteiger partial charge on any atom is 0.326 e. The van der Waals surface area contributed by atoms with Crippen molar-refractivity contribution in [1.29, 1.82) is 0 Å². The molecule has 2 aliphatic rings. The maximum atomic E-state index is 13.9. The molecule has 1 aromatic carbocycles. The first-order chi connectivity index (χ1) is 28.9. The molecule has 3 rings (SSSR count). The highest BCUT2D eigenvalue weighted by Gasteiger charge is 2.41. The number of nitrogens with two attached hydrogens (primary N) is 2. The van der Waals surface area contributed by atoms with Crippen molar-refractivity contribution in [3.8, 4) is 0 Å². The number of nitrogens with one attached hydrogen (secondary N) is 5. The molecule has 7 amide bonds. The number of nitrogens with zero attached hydrogens (tertiary/aromatic N) is 2. The minimum atomic E-state index is -1.70. The van der Waals surface area contributed by atoms with E-state index in [2.05, 4.69) is 26.6 Å². The second-order valence-corrected chi connectivity index (χ2v) is 15.2. The van der Waals surface area contributed by atoms with Crippen LogP contribution in [0.25, 0.3) is 0 Å². The third-order valence-corrected chi connectivity index (χ3v) is 10.5. The number of likely N-dealkylation sites (tertiary alicyclic amines) is 2. The number of carbonyl (C=O) groups is 9. The van der Waals surface area contributed by atoms with E-state index in [1.807, 2.05) is 0 Å². The van der Waals surface area contributed by atoms with Gasteiger partial charge in [-0.25, -0.2) is 4.79 Å². The fraction of sp³-hybridized carbons (Fsp3) is 0.615. The Morgan fingerprint density at radius 3 is 1.85 bits per heavy atom. The summed E-state index contributed by atoms with van der Waals surface area (Å²) in [6, 6.07) is -2.51. The highest BCUT2D eigenvalue weighted by molar-refractivity contribution is 5.98. The summed E-state index contributed by atoms with van der Waals surface area (Å²) in [5.74, 6) is -8.68. The maximum absolute atomic E-state index is 13.9. The zero-order chi connectivity index (χ0) is 45.4. The molecule has 0 radical (unpaired) electrons. The molecule has 0 aromatic heterocycles. The van der Waals surface area contributed by atoms with Gasteiger partial charge in [0.25, 0.3) is 0 Å². The molecule has 338 valence electrons. The van der Waals surface area contributed by atoms with Crippen molar-refractivity contribution in [1.82, 2.24) is 36.4 Å². The van der Waals surface area contributed by atoms with Gasteiger partial charge in [-0.1, -0.05) is 30.3 Å². The van der Waals surface area contributed by atoms with Crippen LogP contribution in [-0.4, -0.2) is 164 Å². The summed E-state index contributed by atoms with van der Waals surface area (Å²) >= 11 is 0. The predicted octanol–water partition coefficient (Wildman–Crippen LogP) is -3.96. The number of hydrogen-bond acceptors (Lipinski definition) is 13. The quantitative estimate of drug-likeness (QED) is 0.0468. The summed E-state index contributed by atoms with van der Waals surface area (Å²) in [4.78, 5) is 120. The van der Waals surface area contributed by atoms with Gasteiger partial charge in [-0.3, -0.25) is 38.4 Å². The molecule has 13 N–H and O–H groups in total. The highest BCUT2D eigenvalue weighted by Crippen LogP contribution is 2.21. The molecule has 61 heavy (non-hydrogen) atoms. The average molecular weight is 862 g/mol. The Hall–Kier alpha value is -5.71. The van der Waals surface area contributed by atoms with Crippen molar-refractivity contribution in [3.63, 3.8) is 0 Å². The topological polar surface area (TPSA) is 353 Å².